The highest BCUT2D eigenvalue weighted by Crippen LogP contribution is 2.32. The van der Waals surface area contributed by atoms with Crippen LogP contribution in [0.25, 0.3) is 10.8 Å². The van der Waals surface area contributed by atoms with E-state index in [9.17, 15) is 8.42 Å². The van der Waals surface area contributed by atoms with E-state index in [4.69, 9.17) is 0 Å². The highest BCUT2D eigenvalue weighted by atomic mass is 33.1. The summed E-state index contributed by atoms with van der Waals surface area (Å²) in [5.41, 5.74) is 1.11. The summed E-state index contributed by atoms with van der Waals surface area (Å²) in [7, 11) is -2.51. The first-order valence-electron chi connectivity index (χ1n) is 6.54. The predicted octanol–water partition coefficient (Wildman–Crippen LogP) is 4.63. The summed E-state index contributed by atoms with van der Waals surface area (Å²) in [6.07, 6.45) is 0. The van der Waals surface area contributed by atoms with Gasteiger partial charge in [-0.3, -0.25) is 0 Å². The van der Waals surface area contributed by atoms with Gasteiger partial charge in [-0.25, -0.2) is 8.42 Å². The summed E-state index contributed by atoms with van der Waals surface area (Å²) in [4.78, 5) is 1.07. The van der Waals surface area contributed by atoms with E-state index in [1.807, 2.05) is 61.5 Å². The lowest BCUT2D eigenvalue weighted by Gasteiger charge is -2.06. The molecule has 0 spiro atoms. The Kier molecular flexibility index (Phi) is 3.74. The Hall–Kier alpha value is -1.78. The van der Waals surface area contributed by atoms with Crippen LogP contribution in [0.1, 0.15) is 5.56 Å². The lowest BCUT2D eigenvalue weighted by Crippen LogP contribution is -1.95. The zero-order valence-electron chi connectivity index (χ0n) is 11.5. The summed E-state index contributed by atoms with van der Waals surface area (Å²) in [6.45, 7) is 1.98. The molecule has 0 amide bonds. The fraction of sp³-hybridized carbons (Fsp3) is 0.0588. The van der Waals surface area contributed by atoms with Crippen LogP contribution in [0, 0.1) is 6.92 Å². The molecule has 0 unspecified atom stereocenters. The van der Waals surface area contributed by atoms with Crippen LogP contribution in [0.15, 0.2) is 76.5 Å². The van der Waals surface area contributed by atoms with Crippen molar-refractivity contribution in [3.63, 3.8) is 0 Å². The molecule has 3 aromatic carbocycles. The van der Waals surface area contributed by atoms with Crippen molar-refractivity contribution < 1.29 is 8.42 Å². The lowest BCUT2D eigenvalue weighted by molar-refractivity contribution is 0.610. The Bertz CT molecular complexity index is 882. The summed E-state index contributed by atoms with van der Waals surface area (Å²) in [6, 6.07) is 20.5. The van der Waals surface area contributed by atoms with Gasteiger partial charge in [-0.1, -0.05) is 48.0 Å². The molecule has 4 heteroatoms. The average Bonchev–Trinajstić information content (AvgIpc) is 2.49. The van der Waals surface area contributed by atoms with E-state index < -0.39 is 8.87 Å². The summed E-state index contributed by atoms with van der Waals surface area (Å²) < 4.78 is 25.0. The molecule has 0 atom stereocenters. The molecule has 106 valence electrons. The maximum Gasteiger partial charge on any atom is 0.234 e. The van der Waals surface area contributed by atoms with Crippen molar-refractivity contribution in [1.29, 1.82) is 0 Å². The molecule has 0 saturated carbocycles. The van der Waals surface area contributed by atoms with Gasteiger partial charge in [-0.15, -0.1) is 0 Å². The fourth-order valence-corrected chi connectivity index (χ4v) is 4.89. The molecule has 0 radical (unpaired) electrons. The Morgan fingerprint density at radius 3 is 2.19 bits per heavy atom. The molecule has 0 aliphatic heterocycles. The number of hydrogen-bond acceptors (Lipinski definition) is 3. The molecule has 2 nitrogen and oxygen atoms in total. The third-order valence-electron chi connectivity index (χ3n) is 3.24. The highest BCUT2D eigenvalue weighted by Gasteiger charge is 2.16. The van der Waals surface area contributed by atoms with Crippen molar-refractivity contribution in [1.82, 2.24) is 0 Å². The van der Waals surface area contributed by atoms with Crippen LogP contribution in [0.2, 0.25) is 0 Å². The second kappa shape index (κ2) is 5.54. The van der Waals surface area contributed by atoms with Crippen LogP contribution in [-0.2, 0) is 8.87 Å². The van der Waals surface area contributed by atoms with Crippen molar-refractivity contribution in [3.8, 4) is 0 Å². The van der Waals surface area contributed by atoms with Crippen LogP contribution >= 0.6 is 10.8 Å². The van der Waals surface area contributed by atoms with Crippen LogP contribution < -0.4 is 0 Å². The van der Waals surface area contributed by atoms with E-state index in [0.29, 0.717) is 4.90 Å². The second-order valence-corrected chi connectivity index (χ2v) is 8.69. The number of rotatable bonds is 3. The van der Waals surface area contributed by atoms with Gasteiger partial charge in [0.1, 0.15) is 0 Å². The van der Waals surface area contributed by atoms with Gasteiger partial charge in [0.25, 0.3) is 0 Å². The monoisotopic (exact) mass is 314 g/mol. The minimum absolute atomic E-state index is 0.340. The quantitative estimate of drug-likeness (QED) is 0.661. The Balaban J connectivity index is 1.97. The van der Waals surface area contributed by atoms with E-state index in [2.05, 4.69) is 0 Å². The van der Waals surface area contributed by atoms with Gasteiger partial charge in [0.15, 0.2) is 0 Å². The molecule has 0 aliphatic rings. The number of benzene rings is 3. The lowest BCUT2D eigenvalue weighted by atomic mass is 10.1. The average molecular weight is 314 g/mol. The molecule has 3 rings (SSSR count). The van der Waals surface area contributed by atoms with Gasteiger partial charge in [-0.2, -0.15) is 0 Å². The van der Waals surface area contributed by atoms with Gasteiger partial charge in [0.2, 0.25) is 8.87 Å². The fourth-order valence-electron chi connectivity index (χ4n) is 2.09. The molecular formula is C17H14O2S2. The van der Waals surface area contributed by atoms with Crippen LogP contribution in [0.5, 0.6) is 0 Å². The molecule has 3 aromatic rings. The third kappa shape index (κ3) is 3.12. The van der Waals surface area contributed by atoms with Crippen LogP contribution in [0.3, 0.4) is 0 Å². The first-order valence-corrected chi connectivity index (χ1v) is 9.36. The van der Waals surface area contributed by atoms with E-state index >= 15 is 0 Å². The molecule has 0 saturated heterocycles. The normalized spacial score (nSPS) is 11.7. The van der Waals surface area contributed by atoms with Gasteiger partial charge in [0.05, 0.1) is 4.90 Å². The van der Waals surface area contributed by atoms with Gasteiger partial charge in [0, 0.05) is 15.7 Å². The van der Waals surface area contributed by atoms with Crippen molar-refractivity contribution in [2.45, 2.75) is 16.7 Å². The zero-order chi connectivity index (χ0) is 14.9. The van der Waals surface area contributed by atoms with Gasteiger partial charge < -0.3 is 0 Å². The Morgan fingerprint density at radius 1 is 0.810 bits per heavy atom. The maximum atomic E-state index is 12.5. The SMILES string of the molecule is Cc1ccc(SS(=O)(=O)c2ccc3ccccc3c2)cc1. The minimum atomic E-state index is -3.40. The van der Waals surface area contributed by atoms with Crippen molar-refractivity contribution in [2.75, 3.05) is 0 Å². The molecule has 0 bridgehead atoms. The predicted molar refractivity (Wildman–Crippen MR) is 88.2 cm³/mol. The molecule has 21 heavy (non-hydrogen) atoms. The van der Waals surface area contributed by atoms with E-state index in [1.165, 1.54) is 0 Å². The first-order chi connectivity index (χ1) is 10.0. The molecule has 0 N–H and O–H groups in total. The standard InChI is InChI=1S/C17H14O2S2/c1-13-6-9-16(10-7-13)20-21(18,19)17-11-8-14-4-2-3-5-15(14)12-17/h2-12H,1H3. The number of hydrogen-bond donors (Lipinski definition) is 0. The molecule has 0 fully saturated rings. The first kappa shape index (κ1) is 14.2. The van der Waals surface area contributed by atoms with Gasteiger partial charge >= 0.3 is 0 Å². The minimum Gasteiger partial charge on any atom is -0.212 e. The molecule has 0 heterocycles. The van der Waals surface area contributed by atoms with Crippen LogP contribution in [-0.4, -0.2) is 8.42 Å². The third-order valence-corrected chi connectivity index (χ3v) is 6.56. The summed E-state index contributed by atoms with van der Waals surface area (Å²) in [5.74, 6) is 0. The summed E-state index contributed by atoms with van der Waals surface area (Å²) in [5, 5.41) is 1.97. The van der Waals surface area contributed by atoms with Crippen molar-refractivity contribution >= 4 is 30.4 Å². The number of aryl methyl sites for hydroxylation is 1. The molecule has 0 aliphatic carbocycles. The van der Waals surface area contributed by atoms with Gasteiger partial charge in [-0.05, 0) is 42.0 Å². The Labute approximate surface area is 128 Å². The number of fused-ring (bicyclic) bond motifs is 1. The molecule has 0 aromatic heterocycles. The van der Waals surface area contributed by atoms with Crippen LogP contribution in [0.4, 0.5) is 0 Å². The van der Waals surface area contributed by atoms with Crippen molar-refractivity contribution in [3.05, 3.63) is 72.3 Å². The zero-order valence-corrected chi connectivity index (χ0v) is 13.1. The summed E-state index contributed by atoms with van der Waals surface area (Å²) >= 11 is 0. The van der Waals surface area contributed by atoms with E-state index in [-0.39, 0.29) is 0 Å². The van der Waals surface area contributed by atoms with Crippen molar-refractivity contribution in [2.24, 2.45) is 0 Å². The largest absolute Gasteiger partial charge is 0.234 e. The van der Waals surface area contributed by atoms with E-state index in [1.54, 1.807) is 12.1 Å². The maximum absolute atomic E-state index is 12.5. The second-order valence-electron chi connectivity index (χ2n) is 4.86. The topological polar surface area (TPSA) is 34.1 Å². The Morgan fingerprint density at radius 2 is 1.48 bits per heavy atom. The molecular weight excluding hydrogens is 300 g/mol. The highest BCUT2D eigenvalue weighted by molar-refractivity contribution is 8.72. The van der Waals surface area contributed by atoms with E-state index in [0.717, 1.165) is 32.0 Å². The smallest absolute Gasteiger partial charge is 0.212 e.